The molecule has 1 N–H and O–H groups in total. The molecule has 1 atom stereocenters. The normalized spacial score (nSPS) is 18.2. The molecule has 0 spiro atoms. The lowest BCUT2D eigenvalue weighted by Crippen LogP contribution is -2.16. The third-order valence-corrected chi connectivity index (χ3v) is 4.19. The zero-order valence-corrected chi connectivity index (χ0v) is 13.7. The first-order valence-electron chi connectivity index (χ1n) is 8.33. The van der Waals surface area contributed by atoms with Gasteiger partial charge < -0.3 is 24.3 Å². The van der Waals surface area contributed by atoms with E-state index in [-0.39, 0.29) is 18.8 Å². The van der Waals surface area contributed by atoms with Crippen molar-refractivity contribution in [2.75, 3.05) is 25.3 Å². The molecule has 25 heavy (non-hydrogen) atoms. The number of nitrogens with one attached hydrogen (secondary N) is 1. The topological polar surface area (TPSA) is 66.0 Å². The molecule has 2 heterocycles. The molecule has 0 saturated carbocycles. The van der Waals surface area contributed by atoms with Crippen molar-refractivity contribution < 1.29 is 23.7 Å². The van der Waals surface area contributed by atoms with Crippen LogP contribution in [0.2, 0.25) is 0 Å². The van der Waals surface area contributed by atoms with E-state index in [1.165, 1.54) is 0 Å². The van der Waals surface area contributed by atoms with Crippen LogP contribution in [0.4, 0.5) is 5.69 Å². The van der Waals surface area contributed by atoms with Crippen molar-refractivity contribution >= 4 is 11.6 Å². The first-order valence-corrected chi connectivity index (χ1v) is 8.33. The summed E-state index contributed by atoms with van der Waals surface area (Å²) in [5.41, 5.74) is 1.18. The van der Waals surface area contributed by atoms with Crippen LogP contribution >= 0.6 is 0 Å². The highest BCUT2D eigenvalue weighted by Crippen LogP contribution is 2.32. The molecule has 2 aromatic carbocycles. The minimum Gasteiger partial charge on any atom is -0.491 e. The lowest BCUT2D eigenvalue weighted by atomic mass is 10.2. The second-order valence-electron chi connectivity index (χ2n) is 6.00. The van der Waals surface area contributed by atoms with E-state index in [1.54, 1.807) is 24.3 Å². The van der Waals surface area contributed by atoms with Gasteiger partial charge in [0.2, 0.25) is 6.79 Å². The Bertz CT molecular complexity index is 770. The Balaban J connectivity index is 1.39. The Hall–Kier alpha value is -2.73. The van der Waals surface area contributed by atoms with Gasteiger partial charge >= 0.3 is 0 Å². The van der Waals surface area contributed by atoms with Gasteiger partial charge in [-0.15, -0.1) is 0 Å². The maximum absolute atomic E-state index is 12.4. The molecule has 6 nitrogen and oxygen atoms in total. The highest BCUT2D eigenvalue weighted by atomic mass is 16.7. The third-order valence-electron chi connectivity index (χ3n) is 4.19. The number of benzene rings is 2. The smallest absolute Gasteiger partial charge is 0.255 e. The first kappa shape index (κ1) is 15.8. The predicted octanol–water partition coefficient (Wildman–Crippen LogP) is 3.23. The van der Waals surface area contributed by atoms with E-state index in [2.05, 4.69) is 5.32 Å². The molecule has 6 heteroatoms. The lowest BCUT2D eigenvalue weighted by Gasteiger charge is -2.12. The van der Waals surface area contributed by atoms with Crippen LogP contribution in [-0.4, -0.2) is 32.0 Å². The van der Waals surface area contributed by atoms with Crippen LogP contribution in [-0.2, 0) is 4.74 Å². The number of rotatable bonds is 5. The van der Waals surface area contributed by atoms with Crippen LogP contribution in [0.5, 0.6) is 17.2 Å². The summed E-state index contributed by atoms with van der Waals surface area (Å²) in [5.74, 6) is 1.73. The van der Waals surface area contributed by atoms with Gasteiger partial charge in [0, 0.05) is 23.9 Å². The van der Waals surface area contributed by atoms with Crippen molar-refractivity contribution in [3.63, 3.8) is 0 Å². The lowest BCUT2D eigenvalue weighted by molar-refractivity contribution is 0.0680. The molecule has 2 aliphatic rings. The number of carbonyl (C=O) groups excluding carboxylic acids is 1. The number of amides is 1. The molecule has 2 aromatic rings. The molecular formula is C19H19NO5. The molecular weight excluding hydrogens is 322 g/mol. The van der Waals surface area contributed by atoms with E-state index in [1.807, 2.05) is 18.2 Å². The number of hydrogen-bond acceptors (Lipinski definition) is 5. The summed E-state index contributed by atoms with van der Waals surface area (Å²) in [5, 5.41) is 2.87. The van der Waals surface area contributed by atoms with E-state index in [0.29, 0.717) is 35.1 Å². The SMILES string of the molecule is O=C(Nc1cccc(OCC2CCCO2)c1)c1ccc2c(c1)OCO2. The number of fused-ring (bicyclic) bond motifs is 1. The van der Waals surface area contributed by atoms with Crippen LogP contribution in [0.1, 0.15) is 23.2 Å². The molecule has 0 aromatic heterocycles. The van der Waals surface area contributed by atoms with Gasteiger partial charge in [0.15, 0.2) is 11.5 Å². The van der Waals surface area contributed by atoms with Gasteiger partial charge in [-0.2, -0.15) is 0 Å². The minimum atomic E-state index is -0.213. The van der Waals surface area contributed by atoms with Gasteiger partial charge in [0.1, 0.15) is 12.4 Å². The van der Waals surface area contributed by atoms with Gasteiger partial charge in [-0.1, -0.05) is 6.07 Å². The van der Waals surface area contributed by atoms with Crippen molar-refractivity contribution in [1.29, 1.82) is 0 Å². The Morgan fingerprint density at radius 1 is 1.16 bits per heavy atom. The molecule has 0 radical (unpaired) electrons. The van der Waals surface area contributed by atoms with Gasteiger partial charge in [-0.3, -0.25) is 4.79 Å². The fourth-order valence-electron chi connectivity index (χ4n) is 2.87. The molecule has 0 aliphatic carbocycles. The minimum absolute atomic E-state index is 0.159. The fraction of sp³-hybridized carbons (Fsp3) is 0.316. The van der Waals surface area contributed by atoms with Crippen LogP contribution in [0.3, 0.4) is 0 Å². The predicted molar refractivity (Wildman–Crippen MR) is 91.4 cm³/mol. The molecule has 1 fully saturated rings. The second kappa shape index (κ2) is 7.03. The fourth-order valence-corrected chi connectivity index (χ4v) is 2.87. The highest BCUT2D eigenvalue weighted by Gasteiger charge is 2.17. The molecule has 130 valence electrons. The molecule has 1 amide bonds. The van der Waals surface area contributed by atoms with E-state index < -0.39 is 0 Å². The summed E-state index contributed by atoms with van der Waals surface area (Å²) in [6.45, 7) is 1.52. The average Bonchev–Trinajstić information content (AvgIpc) is 3.31. The van der Waals surface area contributed by atoms with E-state index in [4.69, 9.17) is 18.9 Å². The van der Waals surface area contributed by atoms with Crippen molar-refractivity contribution in [2.24, 2.45) is 0 Å². The van der Waals surface area contributed by atoms with Crippen molar-refractivity contribution in [3.05, 3.63) is 48.0 Å². The summed E-state index contributed by atoms with van der Waals surface area (Å²) < 4.78 is 21.9. The number of anilines is 1. The largest absolute Gasteiger partial charge is 0.491 e. The number of ether oxygens (including phenoxy) is 4. The maximum atomic E-state index is 12.4. The standard InChI is InChI=1S/C19H19NO5/c21-19(13-6-7-17-18(9-13)25-12-24-17)20-14-3-1-4-15(10-14)23-11-16-5-2-8-22-16/h1,3-4,6-7,9-10,16H,2,5,8,11-12H2,(H,20,21). The monoisotopic (exact) mass is 341 g/mol. The van der Waals surface area contributed by atoms with Gasteiger partial charge in [-0.25, -0.2) is 0 Å². The zero-order valence-electron chi connectivity index (χ0n) is 13.7. The summed E-state index contributed by atoms with van der Waals surface area (Å²) in [4.78, 5) is 12.4. The van der Waals surface area contributed by atoms with Crippen LogP contribution in [0, 0.1) is 0 Å². The van der Waals surface area contributed by atoms with Gasteiger partial charge in [0.05, 0.1) is 6.10 Å². The highest BCUT2D eigenvalue weighted by molar-refractivity contribution is 6.04. The second-order valence-corrected chi connectivity index (χ2v) is 6.00. The number of carbonyl (C=O) groups is 1. The summed E-state index contributed by atoms with van der Waals surface area (Å²) in [6, 6.07) is 12.5. The molecule has 1 saturated heterocycles. The molecule has 1 unspecified atom stereocenters. The van der Waals surface area contributed by atoms with Crippen LogP contribution in [0.25, 0.3) is 0 Å². The number of hydrogen-bond donors (Lipinski definition) is 1. The maximum Gasteiger partial charge on any atom is 0.255 e. The van der Waals surface area contributed by atoms with Gasteiger partial charge in [-0.05, 0) is 43.2 Å². The zero-order chi connectivity index (χ0) is 17.1. The summed E-state index contributed by atoms with van der Waals surface area (Å²) in [7, 11) is 0. The van der Waals surface area contributed by atoms with Gasteiger partial charge in [0.25, 0.3) is 5.91 Å². The van der Waals surface area contributed by atoms with Crippen molar-refractivity contribution in [1.82, 2.24) is 0 Å². The molecule has 4 rings (SSSR count). The molecule has 0 bridgehead atoms. The Morgan fingerprint density at radius 2 is 2.08 bits per heavy atom. The molecule has 2 aliphatic heterocycles. The summed E-state index contributed by atoms with van der Waals surface area (Å²) >= 11 is 0. The Kier molecular flexibility index (Phi) is 4.43. The third kappa shape index (κ3) is 3.69. The Labute approximate surface area is 145 Å². The summed E-state index contributed by atoms with van der Waals surface area (Å²) in [6.07, 6.45) is 2.27. The van der Waals surface area contributed by atoms with Crippen LogP contribution < -0.4 is 19.5 Å². The van der Waals surface area contributed by atoms with Crippen LogP contribution in [0.15, 0.2) is 42.5 Å². The van der Waals surface area contributed by atoms with E-state index >= 15 is 0 Å². The quantitative estimate of drug-likeness (QED) is 0.904. The van der Waals surface area contributed by atoms with E-state index in [9.17, 15) is 4.79 Å². The average molecular weight is 341 g/mol. The van der Waals surface area contributed by atoms with Crippen molar-refractivity contribution in [2.45, 2.75) is 18.9 Å². The Morgan fingerprint density at radius 3 is 2.96 bits per heavy atom. The van der Waals surface area contributed by atoms with Crippen molar-refractivity contribution in [3.8, 4) is 17.2 Å². The first-order chi connectivity index (χ1) is 12.3. The van der Waals surface area contributed by atoms with E-state index in [0.717, 1.165) is 19.4 Å².